The lowest BCUT2D eigenvalue weighted by molar-refractivity contribution is -0.0594. The molecule has 8 nitrogen and oxygen atoms in total. The summed E-state index contributed by atoms with van der Waals surface area (Å²) >= 11 is 0. The second kappa shape index (κ2) is 12.8. The van der Waals surface area contributed by atoms with Crippen molar-refractivity contribution in [3.8, 4) is 28.6 Å². The van der Waals surface area contributed by atoms with E-state index in [0.29, 0.717) is 31.3 Å². The van der Waals surface area contributed by atoms with Gasteiger partial charge in [0.15, 0.2) is 0 Å². The molecule has 2 heterocycles. The lowest BCUT2D eigenvalue weighted by Crippen LogP contribution is -2.40. The average molecular weight is 524 g/mol. The van der Waals surface area contributed by atoms with Gasteiger partial charge in [0, 0.05) is 44.9 Å². The number of rotatable bonds is 12. The number of benzene rings is 2. The Labute approximate surface area is 226 Å². The van der Waals surface area contributed by atoms with Gasteiger partial charge in [-0.15, -0.1) is 0 Å². The van der Waals surface area contributed by atoms with E-state index >= 15 is 0 Å². The van der Waals surface area contributed by atoms with Crippen molar-refractivity contribution >= 4 is 0 Å². The number of hydrogen-bond donors (Lipinski definition) is 1. The topological polar surface area (TPSA) is 78.2 Å². The maximum absolute atomic E-state index is 10.9. The second-order valence-corrected chi connectivity index (χ2v) is 10.8. The summed E-state index contributed by atoms with van der Waals surface area (Å²) in [7, 11) is 3.53. The van der Waals surface area contributed by atoms with Crippen LogP contribution in [0.3, 0.4) is 0 Å². The van der Waals surface area contributed by atoms with Crippen molar-refractivity contribution < 1.29 is 24.1 Å². The summed E-state index contributed by atoms with van der Waals surface area (Å²) in [4.78, 5) is 2.23. The molecule has 0 amide bonds. The summed E-state index contributed by atoms with van der Waals surface area (Å²) in [6, 6.07) is 17.7. The minimum atomic E-state index is -0.643. The molecule has 1 aromatic heterocycles. The number of ether oxygens (including phenoxy) is 4. The summed E-state index contributed by atoms with van der Waals surface area (Å²) < 4.78 is 25.4. The first-order chi connectivity index (χ1) is 18.2. The monoisotopic (exact) mass is 523 g/mol. The Morgan fingerprint density at radius 1 is 1.13 bits per heavy atom. The van der Waals surface area contributed by atoms with Crippen LogP contribution in [0.2, 0.25) is 0 Å². The summed E-state index contributed by atoms with van der Waals surface area (Å²) in [6.45, 7) is 8.70. The largest absolute Gasteiger partial charge is 0.497 e. The first-order valence-electron chi connectivity index (χ1n) is 13.3. The number of aliphatic hydroxyl groups excluding tert-OH is 1. The average Bonchev–Trinajstić information content (AvgIpc) is 3.51. The number of methoxy groups -OCH3 is 1. The van der Waals surface area contributed by atoms with Gasteiger partial charge in [0.05, 0.1) is 37.1 Å². The van der Waals surface area contributed by atoms with Gasteiger partial charge in [-0.1, -0.05) is 36.4 Å². The fourth-order valence-electron chi connectivity index (χ4n) is 4.63. The predicted molar refractivity (Wildman–Crippen MR) is 148 cm³/mol. The van der Waals surface area contributed by atoms with E-state index in [9.17, 15) is 5.11 Å². The highest BCUT2D eigenvalue weighted by molar-refractivity contribution is 5.65. The van der Waals surface area contributed by atoms with Crippen molar-refractivity contribution in [1.29, 1.82) is 0 Å². The van der Waals surface area contributed by atoms with Crippen LogP contribution >= 0.6 is 0 Å². The van der Waals surface area contributed by atoms with Crippen LogP contribution in [0.1, 0.15) is 39.2 Å². The number of nitrogens with zero attached hydrogens (tertiary/aromatic N) is 3. The van der Waals surface area contributed by atoms with Gasteiger partial charge in [-0.05, 0) is 45.7 Å². The zero-order valence-corrected chi connectivity index (χ0v) is 23.2. The van der Waals surface area contributed by atoms with Gasteiger partial charge in [0.25, 0.3) is 0 Å². The maximum atomic E-state index is 10.9. The fraction of sp³-hybridized carbons (Fsp3) is 0.500. The third-order valence-corrected chi connectivity index (χ3v) is 6.44. The standard InChI is InChI=1S/C30H41N3O5/c1-30(2,3)37-21-23(34)18-33(19-26-15-10-16-36-26)20-27-28(22-11-7-6-8-12-22)31-32(4)29(27)38-25-14-9-13-24(17-25)35-5/h6-9,11-14,17,23,26,34H,10,15-16,18-21H2,1-5H3/t23-,26+/m1/s1. The van der Waals surface area contributed by atoms with Crippen LogP contribution in [-0.2, 0) is 23.1 Å². The van der Waals surface area contributed by atoms with Crippen LogP contribution in [0, 0.1) is 0 Å². The quantitative estimate of drug-likeness (QED) is 0.356. The predicted octanol–water partition coefficient (Wildman–Crippen LogP) is 5.05. The van der Waals surface area contributed by atoms with Gasteiger partial charge in [0.1, 0.15) is 17.2 Å². The highest BCUT2D eigenvalue weighted by atomic mass is 16.5. The van der Waals surface area contributed by atoms with Gasteiger partial charge < -0.3 is 24.1 Å². The summed E-state index contributed by atoms with van der Waals surface area (Å²) in [5.41, 5.74) is 2.49. The number of aryl methyl sites for hydroxylation is 1. The van der Waals surface area contributed by atoms with Gasteiger partial charge in [0.2, 0.25) is 5.88 Å². The van der Waals surface area contributed by atoms with E-state index in [1.54, 1.807) is 11.8 Å². The van der Waals surface area contributed by atoms with Crippen LogP contribution in [0.4, 0.5) is 0 Å². The molecule has 1 saturated heterocycles. The van der Waals surface area contributed by atoms with Gasteiger partial charge in [-0.25, -0.2) is 4.68 Å². The zero-order chi connectivity index (χ0) is 27.1. The van der Waals surface area contributed by atoms with Crippen molar-refractivity contribution in [3.05, 3.63) is 60.2 Å². The summed E-state index contributed by atoms with van der Waals surface area (Å²) in [5.74, 6) is 2.03. The SMILES string of the molecule is COc1cccc(Oc2c(CN(C[C@@H](O)COC(C)(C)C)C[C@@H]3CCCO3)c(-c3ccccc3)nn2C)c1. The molecule has 0 bridgehead atoms. The molecular weight excluding hydrogens is 482 g/mol. The Kier molecular flexibility index (Phi) is 9.44. The van der Waals surface area contributed by atoms with Gasteiger partial charge in [-0.2, -0.15) is 5.10 Å². The van der Waals surface area contributed by atoms with E-state index < -0.39 is 6.10 Å². The van der Waals surface area contributed by atoms with Gasteiger partial charge in [-0.3, -0.25) is 4.90 Å². The molecule has 38 heavy (non-hydrogen) atoms. The Balaban J connectivity index is 1.66. The Bertz CT molecular complexity index is 1150. The van der Waals surface area contributed by atoms with Crippen molar-refractivity contribution in [2.75, 3.05) is 33.4 Å². The molecule has 1 fully saturated rings. The molecule has 3 aromatic rings. The lowest BCUT2D eigenvalue weighted by Gasteiger charge is -2.29. The maximum Gasteiger partial charge on any atom is 0.222 e. The molecule has 0 radical (unpaired) electrons. The molecule has 1 aliphatic rings. The first kappa shape index (κ1) is 28.1. The third kappa shape index (κ3) is 7.80. The number of aromatic nitrogens is 2. The molecule has 0 spiro atoms. The summed E-state index contributed by atoms with van der Waals surface area (Å²) in [5, 5.41) is 15.8. The van der Waals surface area contributed by atoms with E-state index in [1.807, 2.05) is 70.3 Å². The van der Waals surface area contributed by atoms with Crippen LogP contribution < -0.4 is 9.47 Å². The van der Waals surface area contributed by atoms with Gasteiger partial charge >= 0.3 is 0 Å². The molecule has 2 atom stereocenters. The van der Waals surface area contributed by atoms with Crippen LogP contribution in [0.15, 0.2) is 54.6 Å². The van der Waals surface area contributed by atoms with Crippen molar-refractivity contribution in [2.45, 2.75) is 58.0 Å². The normalized spacial score (nSPS) is 16.7. The Morgan fingerprint density at radius 2 is 1.89 bits per heavy atom. The molecule has 1 aliphatic heterocycles. The molecule has 206 valence electrons. The molecule has 2 aromatic carbocycles. The number of hydrogen-bond acceptors (Lipinski definition) is 7. The second-order valence-electron chi connectivity index (χ2n) is 10.8. The molecular formula is C30H41N3O5. The molecule has 0 unspecified atom stereocenters. The molecule has 8 heteroatoms. The minimum absolute atomic E-state index is 0.130. The van der Waals surface area contributed by atoms with Crippen LogP contribution in [0.25, 0.3) is 11.3 Å². The lowest BCUT2D eigenvalue weighted by atomic mass is 10.1. The zero-order valence-electron chi connectivity index (χ0n) is 23.2. The molecule has 1 N–H and O–H groups in total. The van der Waals surface area contributed by atoms with Crippen molar-refractivity contribution in [2.24, 2.45) is 7.05 Å². The third-order valence-electron chi connectivity index (χ3n) is 6.44. The van der Waals surface area contributed by atoms with Crippen LogP contribution in [-0.4, -0.2) is 71.0 Å². The molecule has 4 rings (SSSR count). The first-order valence-corrected chi connectivity index (χ1v) is 13.3. The number of aliphatic hydroxyl groups is 1. The van der Waals surface area contributed by atoms with Crippen molar-refractivity contribution in [3.63, 3.8) is 0 Å². The van der Waals surface area contributed by atoms with E-state index in [2.05, 4.69) is 17.0 Å². The van der Waals surface area contributed by atoms with Crippen molar-refractivity contribution in [1.82, 2.24) is 14.7 Å². The molecule has 0 saturated carbocycles. The molecule has 0 aliphatic carbocycles. The minimum Gasteiger partial charge on any atom is -0.497 e. The van der Waals surface area contributed by atoms with E-state index in [-0.39, 0.29) is 18.3 Å². The summed E-state index contributed by atoms with van der Waals surface area (Å²) in [6.07, 6.45) is 1.55. The van der Waals surface area contributed by atoms with E-state index in [4.69, 9.17) is 24.0 Å². The highest BCUT2D eigenvalue weighted by Crippen LogP contribution is 2.35. The Hall–Kier alpha value is -2.91. The smallest absolute Gasteiger partial charge is 0.222 e. The highest BCUT2D eigenvalue weighted by Gasteiger charge is 2.27. The Morgan fingerprint density at radius 3 is 2.58 bits per heavy atom. The van der Waals surface area contributed by atoms with E-state index in [0.717, 1.165) is 42.0 Å². The van der Waals surface area contributed by atoms with E-state index in [1.165, 1.54) is 0 Å². The fourth-order valence-corrected chi connectivity index (χ4v) is 4.63. The van der Waals surface area contributed by atoms with Crippen LogP contribution in [0.5, 0.6) is 17.4 Å².